The van der Waals surface area contributed by atoms with E-state index in [2.05, 4.69) is 6.92 Å². The van der Waals surface area contributed by atoms with Crippen molar-refractivity contribution < 1.29 is 8.42 Å². The topological polar surface area (TPSA) is 65.1 Å². The maximum atomic E-state index is 11.7. The molecule has 0 saturated carbocycles. The zero-order valence-corrected chi connectivity index (χ0v) is 12.3. The van der Waals surface area contributed by atoms with Gasteiger partial charge in [-0.1, -0.05) is 13.3 Å². The van der Waals surface area contributed by atoms with Crippen LogP contribution in [0, 0.1) is 0 Å². The first-order chi connectivity index (χ1) is 8.36. The highest BCUT2D eigenvalue weighted by Crippen LogP contribution is 2.16. The molecule has 5 heteroatoms. The summed E-state index contributed by atoms with van der Waals surface area (Å²) in [5.41, 5.74) is 7.10. The molecule has 0 spiro atoms. The molecular formula is C13H24N2O2S. The van der Waals surface area contributed by atoms with E-state index in [4.69, 9.17) is 5.73 Å². The Morgan fingerprint density at radius 3 is 2.61 bits per heavy atom. The van der Waals surface area contributed by atoms with Crippen LogP contribution in [0.1, 0.15) is 45.2 Å². The first-order valence-corrected chi connectivity index (χ1v) is 8.21. The van der Waals surface area contributed by atoms with Crippen molar-refractivity contribution in [1.82, 2.24) is 4.57 Å². The fourth-order valence-electron chi connectivity index (χ4n) is 1.76. The van der Waals surface area contributed by atoms with Gasteiger partial charge in [-0.15, -0.1) is 0 Å². The smallest absolute Gasteiger partial charge is 0.154 e. The Labute approximate surface area is 110 Å². The summed E-state index contributed by atoms with van der Waals surface area (Å²) < 4.78 is 25.3. The maximum absolute atomic E-state index is 11.7. The molecule has 0 amide bonds. The minimum absolute atomic E-state index is 0.0537. The van der Waals surface area contributed by atoms with Crippen molar-refractivity contribution in [2.45, 2.75) is 51.4 Å². The molecule has 1 heterocycles. The molecular weight excluding hydrogens is 248 g/mol. The second-order valence-electron chi connectivity index (χ2n) is 4.99. The van der Waals surface area contributed by atoms with E-state index >= 15 is 0 Å². The maximum Gasteiger partial charge on any atom is 0.154 e. The number of aromatic nitrogens is 1. The van der Waals surface area contributed by atoms with Gasteiger partial charge < -0.3 is 10.3 Å². The van der Waals surface area contributed by atoms with Crippen LogP contribution in [0.4, 0.5) is 0 Å². The van der Waals surface area contributed by atoms with Crippen molar-refractivity contribution in [3.8, 4) is 0 Å². The number of nitrogens with zero attached hydrogens (tertiary/aromatic N) is 1. The summed E-state index contributed by atoms with van der Waals surface area (Å²) in [5, 5.41) is -0.310. The average molecular weight is 272 g/mol. The van der Waals surface area contributed by atoms with Crippen molar-refractivity contribution >= 4 is 9.84 Å². The largest absolute Gasteiger partial charge is 0.353 e. The van der Waals surface area contributed by atoms with Crippen LogP contribution in [0.15, 0.2) is 18.5 Å². The fourth-order valence-corrected chi connectivity index (χ4v) is 2.70. The second kappa shape index (κ2) is 6.38. The zero-order valence-electron chi connectivity index (χ0n) is 11.5. The lowest BCUT2D eigenvalue weighted by atomic mass is 10.1. The van der Waals surface area contributed by atoms with E-state index < -0.39 is 9.84 Å². The van der Waals surface area contributed by atoms with Gasteiger partial charge in [0, 0.05) is 25.0 Å². The predicted molar refractivity (Wildman–Crippen MR) is 75.2 cm³/mol. The molecule has 2 N–H and O–H groups in total. The molecule has 0 aliphatic heterocycles. The Kier molecular flexibility index (Phi) is 5.41. The van der Waals surface area contributed by atoms with Gasteiger partial charge in [0.25, 0.3) is 0 Å². The lowest BCUT2D eigenvalue weighted by Crippen LogP contribution is -2.20. The third-order valence-electron chi connectivity index (χ3n) is 3.15. The minimum Gasteiger partial charge on any atom is -0.353 e. The van der Waals surface area contributed by atoms with Gasteiger partial charge in [0.1, 0.15) is 0 Å². The summed E-state index contributed by atoms with van der Waals surface area (Å²) in [6.45, 7) is 6.03. The van der Waals surface area contributed by atoms with Gasteiger partial charge >= 0.3 is 0 Å². The van der Waals surface area contributed by atoms with E-state index in [1.54, 1.807) is 13.8 Å². The molecule has 0 aliphatic rings. The van der Waals surface area contributed by atoms with E-state index in [1.165, 1.54) is 0 Å². The molecule has 0 fully saturated rings. The Morgan fingerprint density at radius 1 is 1.39 bits per heavy atom. The summed E-state index contributed by atoms with van der Waals surface area (Å²) in [7, 11) is -2.97. The lowest BCUT2D eigenvalue weighted by molar-refractivity contribution is 0.580. The zero-order chi connectivity index (χ0) is 13.8. The van der Waals surface area contributed by atoms with Crippen molar-refractivity contribution in [3.63, 3.8) is 0 Å². The van der Waals surface area contributed by atoms with E-state index in [1.807, 2.05) is 23.0 Å². The van der Waals surface area contributed by atoms with Gasteiger partial charge in [0.05, 0.1) is 11.0 Å². The average Bonchev–Trinajstić information content (AvgIpc) is 2.75. The number of nitrogens with two attached hydrogens (primary N) is 1. The number of aryl methyl sites for hydroxylation is 1. The molecule has 0 bridgehead atoms. The number of hydrogen-bond donors (Lipinski definition) is 1. The predicted octanol–water partition coefficient (Wildman–Crippen LogP) is 2.11. The van der Waals surface area contributed by atoms with Crippen LogP contribution in [0.25, 0.3) is 0 Å². The molecule has 1 aromatic heterocycles. The molecule has 1 unspecified atom stereocenters. The molecule has 1 rings (SSSR count). The monoisotopic (exact) mass is 272 g/mol. The van der Waals surface area contributed by atoms with Crippen LogP contribution in [-0.4, -0.2) is 24.0 Å². The number of rotatable bonds is 7. The molecule has 4 nitrogen and oxygen atoms in total. The highest BCUT2D eigenvalue weighted by molar-refractivity contribution is 7.91. The standard InChI is InChI=1S/C13H24N2O2S/c1-4-5-13(14)12-6-7-15(10-12)8-9-18(16,17)11(2)3/h6-7,10-11,13H,4-5,8-9,14H2,1-3H3. The fraction of sp³-hybridized carbons (Fsp3) is 0.692. The molecule has 0 saturated heterocycles. The van der Waals surface area contributed by atoms with Crippen molar-refractivity contribution in [1.29, 1.82) is 0 Å². The van der Waals surface area contributed by atoms with Crippen LogP contribution >= 0.6 is 0 Å². The Bertz CT molecular complexity index is 463. The van der Waals surface area contributed by atoms with Crippen LogP contribution in [-0.2, 0) is 16.4 Å². The molecule has 0 radical (unpaired) electrons. The molecule has 18 heavy (non-hydrogen) atoms. The van der Waals surface area contributed by atoms with Crippen LogP contribution < -0.4 is 5.73 Å². The number of sulfone groups is 1. The molecule has 1 atom stereocenters. The van der Waals surface area contributed by atoms with Crippen molar-refractivity contribution in [2.24, 2.45) is 5.73 Å². The highest BCUT2D eigenvalue weighted by atomic mass is 32.2. The second-order valence-corrected chi connectivity index (χ2v) is 7.67. The third kappa shape index (κ3) is 4.14. The first kappa shape index (κ1) is 15.2. The van der Waals surface area contributed by atoms with Crippen molar-refractivity contribution in [2.75, 3.05) is 5.75 Å². The summed E-state index contributed by atoms with van der Waals surface area (Å²) in [6, 6.07) is 2.03. The van der Waals surface area contributed by atoms with Gasteiger partial charge in [-0.25, -0.2) is 8.42 Å². The molecule has 0 aliphatic carbocycles. The Hall–Kier alpha value is -0.810. The van der Waals surface area contributed by atoms with Crippen LogP contribution in [0.2, 0.25) is 0 Å². The molecule has 104 valence electrons. The van der Waals surface area contributed by atoms with Crippen molar-refractivity contribution in [3.05, 3.63) is 24.0 Å². The lowest BCUT2D eigenvalue weighted by Gasteiger charge is -2.09. The van der Waals surface area contributed by atoms with E-state index in [9.17, 15) is 8.42 Å². The quantitative estimate of drug-likeness (QED) is 0.826. The van der Waals surface area contributed by atoms with Gasteiger partial charge in [-0.05, 0) is 31.9 Å². The van der Waals surface area contributed by atoms with Crippen LogP contribution in [0.3, 0.4) is 0 Å². The van der Waals surface area contributed by atoms with Gasteiger partial charge in [0.2, 0.25) is 0 Å². The van der Waals surface area contributed by atoms with E-state index in [0.717, 1.165) is 18.4 Å². The molecule has 1 aromatic rings. The Balaban J connectivity index is 2.60. The summed E-state index contributed by atoms with van der Waals surface area (Å²) in [6.07, 6.45) is 5.86. The van der Waals surface area contributed by atoms with E-state index in [0.29, 0.717) is 6.54 Å². The van der Waals surface area contributed by atoms with Gasteiger partial charge in [-0.2, -0.15) is 0 Å². The van der Waals surface area contributed by atoms with Gasteiger partial charge in [0.15, 0.2) is 9.84 Å². The summed E-state index contributed by atoms with van der Waals surface area (Å²) in [4.78, 5) is 0. The highest BCUT2D eigenvalue weighted by Gasteiger charge is 2.16. The SMILES string of the molecule is CCCC(N)c1ccn(CCS(=O)(=O)C(C)C)c1. The Morgan fingerprint density at radius 2 is 2.06 bits per heavy atom. The van der Waals surface area contributed by atoms with Crippen LogP contribution in [0.5, 0.6) is 0 Å². The molecule has 0 aromatic carbocycles. The third-order valence-corrected chi connectivity index (χ3v) is 5.34. The van der Waals surface area contributed by atoms with E-state index in [-0.39, 0.29) is 17.0 Å². The summed E-state index contributed by atoms with van der Waals surface area (Å²) in [5.74, 6) is 0.182. The summed E-state index contributed by atoms with van der Waals surface area (Å²) >= 11 is 0. The first-order valence-electron chi connectivity index (χ1n) is 6.49. The number of hydrogen-bond acceptors (Lipinski definition) is 3. The minimum atomic E-state index is -2.97. The van der Waals surface area contributed by atoms with Gasteiger partial charge in [-0.3, -0.25) is 0 Å². The normalized spacial score (nSPS) is 14.1.